The van der Waals surface area contributed by atoms with Crippen molar-refractivity contribution in [1.29, 1.82) is 0 Å². The van der Waals surface area contributed by atoms with Crippen LogP contribution in [0.1, 0.15) is 5.69 Å². The SMILES string of the molecule is COc1ccc(NC(=O)CSCc2cc(=O)c3cccc(F)c3[nH]2)cc1. The highest BCUT2D eigenvalue weighted by atomic mass is 32.2. The molecule has 3 aromatic rings. The molecule has 0 radical (unpaired) electrons. The number of anilines is 1. The average molecular weight is 372 g/mol. The number of benzene rings is 2. The van der Waals surface area contributed by atoms with Crippen LogP contribution in [0, 0.1) is 5.82 Å². The summed E-state index contributed by atoms with van der Waals surface area (Å²) in [6, 6.07) is 12.9. The number of carbonyl (C=O) groups is 1. The van der Waals surface area contributed by atoms with Gasteiger partial charge in [-0.1, -0.05) is 6.07 Å². The molecule has 2 aromatic carbocycles. The Morgan fingerprint density at radius 2 is 2.00 bits per heavy atom. The molecule has 26 heavy (non-hydrogen) atoms. The molecule has 7 heteroatoms. The fourth-order valence-corrected chi connectivity index (χ4v) is 3.23. The summed E-state index contributed by atoms with van der Waals surface area (Å²) in [5, 5.41) is 3.10. The minimum Gasteiger partial charge on any atom is -0.497 e. The summed E-state index contributed by atoms with van der Waals surface area (Å²) in [4.78, 5) is 27.0. The Balaban J connectivity index is 1.59. The van der Waals surface area contributed by atoms with Gasteiger partial charge in [0.25, 0.3) is 0 Å². The number of hydrogen-bond acceptors (Lipinski definition) is 4. The Morgan fingerprint density at radius 3 is 2.73 bits per heavy atom. The van der Waals surface area contributed by atoms with E-state index in [4.69, 9.17) is 4.74 Å². The van der Waals surface area contributed by atoms with E-state index in [0.29, 0.717) is 28.3 Å². The maximum atomic E-state index is 13.8. The van der Waals surface area contributed by atoms with Gasteiger partial charge in [0.05, 0.1) is 18.4 Å². The average Bonchev–Trinajstić information content (AvgIpc) is 2.63. The Labute approximate surface area is 153 Å². The maximum Gasteiger partial charge on any atom is 0.234 e. The number of methoxy groups -OCH3 is 1. The highest BCUT2D eigenvalue weighted by Crippen LogP contribution is 2.17. The van der Waals surface area contributed by atoms with Gasteiger partial charge in [-0.05, 0) is 36.4 Å². The first-order chi connectivity index (χ1) is 12.6. The fourth-order valence-electron chi connectivity index (χ4n) is 2.49. The minimum absolute atomic E-state index is 0.158. The number of rotatable bonds is 6. The first-order valence-corrected chi connectivity index (χ1v) is 9.04. The lowest BCUT2D eigenvalue weighted by molar-refractivity contribution is -0.113. The smallest absolute Gasteiger partial charge is 0.234 e. The summed E-state index contributed by atoms with van der Waals surface area (Å²) in [7, 11) is 1.58. The van der Waals surface area contributed by atoms with E-state index >= 15 is 0 Å². The predicted octanol–water partition coefficient (Wildman–Crippen LogP) is 3.55. The topological polar surface area (TPSA) is 71.2 Å². The molecule has 0 aliphatic heterocycles. The number of nitrogens with one attached hydrogen (secondary N) is 2. The molecule has 1 amide bonds. The second-order valence-corrected chi connectivity index (χ2v) is 6.58. The van der Waals surface area contributed by atoms with Crippen LogP contribution in [0.2, 0.25) is 0 Å². The number of ether oxygens (including phenoxy) is 1. The number of thioether (sulfide) groups is 1. The standard InChI is InChI=1S/C19H17FN2O3S/c1-25-14-7-5-12(6-8-14)21-18(24)11-26-10-13-9-17(23)15-3-2-4-16(20)19(15)22-13/h2-9H,10-11H2,1H3,(H,21,24)(H,22,23). The van der Waals surface area contributed by atoms with Crippen molar-refractivity contribution in [1.82, 2.24) is 4.98 Å². The van der Waals surface area contributed by atoms with Gasteiger partial charge in [-0.2, -0.15) is 0 Å². The Morgan fingerprint density at radius 1 is 1.23 bits per heavy atom. The third-order valence-corrected chi connectivity index (χ3v) is 4.72. The monoisotopic (exact) mass is 372 g/mol. The van der Waals surface area contributed by atoms with E-state index in [1.165, 1.54) is 30.0 Å². The minimum atomic E-state index is -0.469. The zero-order chi connectivity index (χ0) is 18.5. The lowest BCUT2D eigenvalue weighted by atomic mass is 10.2. The van der Waals surface area contributed by atoms with Gasteiger partial charge in [-0.25, -0.2) is 4.39 Å². The van der Waals surface area contributed by atoms with Gasteiger partial charge in [-0.15, -0.1) is 11.8 Å². The normalized spacial score (nSPS) is 10.7. The Hall–Kier alpha value is -2.80. The molecule has 0 saturated carbocycles. The van der Waals surface area contributed by atoms with Gasteiger partial charge in [-0.3, -0.25) is 9.59 Å². The summed E-state index contributed by atoms with van der Waals surface area (Å²) >= 11 is 1.34. The van der Waals surface area contributed by atoms with E-state index in [2.05, 4.69) is 10.3 Å². The van der Waals surface area contributed by atoms with Crippen molar-refractivity contribution >= 4 is 34.3 Å². The third kappa shape index (κ3) is 4.23. The van der Waals surface area contributed by atoms with E-state index < -0.39 is 5.82 Å². The lowest BCUT2D eigenvalue weighted by Gasteiger charge is -2.07. The number of aromatic amines is 1. The molecular formula is C19H17FN2O3S. The van der Waals surface area contributed by atoms with Crippen molar-refractivity contribution in [2.45, 2.75) is 5.75 Å². The third-order valence-electron chi connectivity index (χ3n) is 3.73. The second-order valence-electron chi connectivity index (χ2n) is 5.59. The van der Waals surface area contributed by atoms with Crippen LogP contribution in [0.4, 0.5) is 10.1 Å². The molecule has 134 valence electrons. The van der Waals surface area contributed by atoms with Crippen molar-refractivity contribution in [2.75, 3.05) is 18.2 Å². The number of aromatic nitrogens is 1. The molecule has 0 bridgehead atoms. The van der Waals surface area contributed by atoms with Crippen LogP contribution in [-0.4, -0.2) is 23.8 Å². The van der Waals surface area contributed by atoms with Crippen LogP contribution in [0.15, 0.2) is 53.3 Å². The molecule has 1 heterocycles. The quantitative estimate of drug-likeness (QED) is 0.694. The van der Waals surface area contributed by atoms with Crippen molar-refractivity contribution in [3.63, 3.8) is 0 Å². The van der Waals surface area contributed by atoms with E-state index in [1.54, 1.807) is 37.4 Å². The Bertz CT molecular complexity index is 986. The Kier molecular flexibility index (Phi) is 5.58. The predicted molar refractivity (Wildman–Crippen MR) is 102 cm³/mol. The van der Waals surface area contributed by atoms with E-state index in [0.717, 1.165) is 0 Å². The van der Waals surface area contributed by atoms with E-state index in [9.17, 15) is 14.0 Å². The molecule has 0 aliphatic carbocycles. The highest BCUT2D eigenvalue weighted by Gasteiger charge is 2.08. The molecule has 0 atom stereocenters. The van der Waals surface area contributed by atoms with Crippen LogP contribution in [0.3, 0.4) is 0 Å². The molecule has 3 rings (SSSR count). The van der Waals surface area contributed by atoms with E-state index in [-0.39, 0.29) is 22.6 Å². The summed E-state index contributed by atoms with van der Waals surface area (Å²) < 4.78 is 18.9. The zero-order valence-corrected chi connectivity index (χ0v) is 14.9. The molecular weight excluding hydrogens is 355 g/mol. The van der Waals surface area contributed by atoms with Gasteiger partial charge in [0.1, 0.15) is 11.6 Å². The summed E-state index contributed by atoms with van der Waals surface area (Å²) in [6.07, 6.45) is 0. The molecule has 0 fully saturated rings. The maximum absolute atomic E-state index is 13.8. The number of amides is 1. The summed E-state index contributed by atoms with van der Waals surface area (Å²) in [5.41, 5.74) is 1.21. The zero-order valence-electron chi connectivity index (χ0n) is 14.0. The second kappa shape index (κ2) is 8.05. The van der Waals surface area contributed by atoms with Crippen molar-refractivity contribution in [3.8, 4) is 5.75 Å². The van der Waals surface area contributed by atoms with Crippen LogP contribution >= 0.6 is 11.8 Å². The molecule has 0 saturated heterocycles. The number of carbonyl (C=O) groups excluding carboxylic acids is 1. The van der Waals surface area contributed by atoms with Gasteiger partial charge in [0.15, 0.2) is 5.43 Å². The number of H-pyrrole nitrogens is 1. The van der Waals surface area contributed by atoms with Gasteiger partial charge in [0.2, 0.25) is 5.91 Å². The first-order valence-electron chi connectivity index (χ1n) is 7.89. The van der Waals surface area contributed by atoms with Crippen LogP contribution in [0.5, 0.6) is 5.75 Å². The molecule has 1 aromatic heterocycles. The van der Waals surface area contributed by atoms with Crippen molar-refractivity contribution in [3.05, 3.63) is 70.3 Å². The lowest BCUT2D eigenvalue weighted by Crippen LogP contribution is -2.14. The van der Waals surface area contributed by atoms with Crippen molar-refractivity contribution in [2.24, 2.45) is 0 Å². The van der Waals surface area contributed by atoms with Crippen LogP contribution in [-0.2, 0) is 10.5 Å². The fraction of sp³-hybridized carbons (Fsp3) is 0.158. The summed E-state index contributed by atoms with van der Waals surface area (Å²) in [6.45, 7) is 0. The van der Waals surface area contributed by atoms with Gasteiger partial charge < -0.3 is 15.0 Å². The molecule has 0 spiro atoms. The van der Waals surface area contributed by atoms with Crippen molar-refractivity contribution < 1.29 is 13.9 Å². The number of para-hydroxylation sites is 1. The molecule has 0 aliphatic rings. The highest BCUT2D eigenvalue weighted by molar-refractivity contribution is 7.99. The molecule has 5 nitrogen and oxygen atoms in total. The van der Waals surface area contributed by atoms with Crippen LogP contribution in [0.25, 0.3) is 10.9 Å². The number of hydrogen-bond donors (Lipinski definition) is 2. The van der Waals surface area contributed by atoms with Crippen LogP contribution < -0.4 is 15.5 Å². The van der Waals surface area contributed by atoms with Gasteiger partial charge >= 0.3 is 0 Å². The largest absolute Gasteiger partial charge is 0.497 e. The first kappa shape index (κ1) is 18.0. The molecule has 2 N–H and O–H groups in total. The molecule has 0 unspecified atom stereocenters. The summed E-state index contributed by atoms with van der Waals surface area (Å²) in [5.74, 6) is 0.696. The van der Waals surface area contributed by atoms with Gasteiger partial charge in [0, 0.05) is 28.6 Å². The number of fused-ring (bicyclic) bond motifs is 1. The van der Waals surface area contributed by atoms with E-state index in [1.807, 2.05) is 0 Å². The number of halogens is 1. The number of pyridine rings is 1.